The number of hydrogen-bond donors (Lipinski definition) is 1. The van der Waals surface area contributed by atoms with Crippen molar-refractivity contribution in [1.82, 2.24) is 9.55 Å². The zero-order valence-electron chi connectivity index (χ0n) is 14.6. The maximum Gasteiger partial charge on any atom is 0.258 e. The van der Waals surface area contributed by atoms with E-state index in [1.54, 1.807) is 7.11 Å². The van der Waals surface area contributed by atoms with Crippen LogP contribution in [0, 0.1) is 0 Å². The first-order valence-corrected chi connectivity index (χ1v) is 9.02. The van der Waals surface area contributed by atoms with E-state index in [1.165, 1.54) is 0 Å². The zero-order chi connectivity index (χ0) is 17.7. The Bertz CT molecular complexity index is 1180. The highest BCUT2D eigenvalue weighted by Crippen LogP contribution is 2.38. The van der Waals surface area contributed by atoms with Crippen LogP contribution in [0.25, 0.3) is 32.7 Å². The Labute approximate surface area is 150 Å². The van der Waals surface area contributed by atoms with Crippen molar-refractivity contribution in [2.45, 2.75) is 25.5 Å². The van der Waals surface area contributed by atoms with Crippen LogP contribution in [-0.2, 0) is 4.74 Å². The number of aromatic amines is 1. The number of nitrogens with one attached hydrogen (secondary N) is 1. The van der Waals surface area contributed by atoms with Gasteiger partial charge < -0.3 is 19.0 Å². The molecule has 2 aromatic heterocycles. The first-order valence-electron chi connectivity index (χ1n) is 9.02. The largest absolute Gasteiger partial charge is 0.497 e. The van der Waals surface area contributed by atoms with E-state index in [1.807, 2.05) is 36.4 Å². The Hall–Kier alpha value is -2.79. The molecule has 0 aliphatic carbocycles. The van der Waals surface area contributed by atoms with Crippen molar-refractivity contribution >= 4 is 32.7 Å². The smallest absolute Gasteiger partial charge is 0.258 e. The van der Waals surface area contributed by atoms with Gasteiger partial charge in [0.1, 0.15) is 12.0 Å². The second kappa shape index (κ2) is 5.88. The summed E-state index contributed by atoms with van der Waals surface area (Å²) in [5.41, 5.74) is 2.72. The van der Waals surface area contributed by atoms with Crippen molar-refractivity contribution in [3.05, 3.63) is 52.8 Å². The maximum atomic E-state index is 13.0. The third kappa shape index (κ3) is 2.17. The number of pyridine rings is 1. The van der Waals surface area contributed by atoms with E-state index < -0.39 is 0 Å². The predicted octanol–water partition coefficient (Wildman–Crippen LogP) is 4.34. The van der Waals surface area contributed by atoms with Crippen molar-refractivity contribution in [2.75, 3.05) is 13.7 Å². The number of ether oxygens (including phenoxy) is 2. The zero-order valence-corrected chi connectivity index (χ0v) is 14.6. The molecule has 4 aromatic rings. The van der Waals surface area contributed by atoms with E-state index in [-0.39, 0.29) is 11.8 Å². The number of benzene rings is 2. The molecule has 0 spiro atoms. The van der Waals surface area contributed by atoms with Gasteiger partial charge in [0.25, 0.3) is 5.56 Å². The minimum Gasteiger partial charge on any atom is -0.497 e. The lowest BCUT2D eigenvalue weighted by molar-refractivity contribution is -0.0266. The molecule has 0 amide bonds. The molecule has 1 saturated heterocycles. The fraction of sp³-hybridized carbons (Fsp3) is 0.286. The predicted molar refractivity (Wildman–Crippen MR) is 103 cm³/mol. The monoisotopic (exact) mass is 348 g/mol. The molecular weight excluding hydrogens is 328 g/mol. The van der Waals surface area contributed by atoms with Crippen molar-refractivity contribution < 1.29 is 9.47 Å². The summed E-state index contributed by atoms with van der Waals surface area (Å²) in [7, 11) is 1.64. The molecule has 1 aliphatic rings. The van der Waals surface area contributed by atoms with E-state index in [4.69, 9.17) is 9.47 Å². The molecule has 0 saturated carbocycles. The Kier molecular flexibility index (Phi) is 3.50. The number of H-pyrrole nitrogens is 1. The van der Waals surface area contributed by atoms with E-state index in [2.05, 4.69) is 15.6 Å². The first kappa shape index (κ1) is 15.5. The normalized spacial score (nSPS) is 18.0. The van der Waals surface area contributed by atoms with Gasteiger partial charge in [-0.2, -0.15) is 0 Å². The Balaban J connectivity index is 1.99. The van der Waals surface area contributed by atoms with Crippen LogP contribution < -0.4 is 10.3 Å². The van der Waals surface area contributed by atoms with Crippen molar-refractivity contribution in [3.8, 4) is 5.75 Å². The summed E-state index contributed by atoms with van der Waals surface area (Å²) >= 11 is 0. The van der Waals surface area contributed by atoms with Crippen molar-refractivity contribution in [1.29, 1.82) is 0 Å². The molecular formula is C21H20N2O3. The summed E-state index contributed by atoms with van der Waals surface area (Å²) in [6.07, 6.45) is 3.11. The maximum absolute atomic E-state index is 13.0. The van der Waals surface area contributed by atoms with Crippen LogP contribution in [-0.4, -0.2) is 23.3 Å². The third-order valence-electron chi connectivity index (χ3n) is 5.31. The summed E-state index contributed by atoms with van der Waals surface area (Å²) in [6, 6.07) is 13.9. The summed E-state index contributed by atoms with van der Waals surface area (Å²) in [6.45, 7) is 0.753. The number of hydrogen-bond acceptors (Lipinski definition) is 3. The van der Waals surface area contributed by atoms with Gasteiger partial charge in [0.15, 0.2) is 0 Å². The van der Waals surface area contributed by atoms with Crippen LogP contribution in [0.1, 0.15) is 25.5 Å². The molecule has 3 heterocycles. The fourth-order valence-electron chi connectivity index (χ4n) is 4.13. The van der Waals surface area contributed by atoms with Crippen LogP contribution in [0.15, 0.2) is 47.3 Å². The van der Waals surface area contributed by atoms with E-state index in [9.17, 15) is 4.79 Å². The van der Waals surface area contributed by atoms with E-state index in [0.29, 0.717) is 5.39 Å². The minimum absolute atomic E-state index is 0.0534. The quantitative estimate of drug-likeness (QED) is 0.586. The van der Waals surface area contributed by atoms with Gasteiger partial charge in [-0.1, -0.05) is 18.2 Å². The lowest BCUT2D eigenvalue weighted by atomic mass is 10.1. The van der Waals surface area contributed by atoms with E-state index in [0.717, 1.165) is 58.9 Å². The van der Waals surface area contributed by atoms with Crippen molar-refractivity contribution in [3.63, 3.8) is 0 Å². The third-order valence-corrected chi connectivity index (χ3v) is 5.31. The number of aromatic nitrogens is 2. The first-order chi connectivity index (χ1) is 12.8. The summed E-state index contributed by atoms with van der Waals surface area (Å²) in [4.78, 5) is 16.0. The lowest BCUT2D eigenvalue weighted by Crippen LogP contribution is -2.18. The molecule has 5 heteroatoms. The lowest BCUT2D eigenvalue weighted by Gasteiger charge is -2.26. The number of para-hydroxylation sites is 1. The highest BCUT2D eigenvalue weighted by atomic mass is 16.5. The SMILES string of the molecule is COc1ccc2c(c1)c1c(=O)[nH]c3ccccc3c1n2C1CCCCO1. The molecule has 1 unspecified atom stereocenters. The molecule has 1 atom stereocenters. The number of rotatable bonds is 2. The van der Waals surface area contributed by atoms with Crippen LogP contribution in [0.5, 0.6) is 5.75 Å². The molecule has 5 nitrogen and oxygen atoms in total. The van der Waals surface area contributed by atoms with Crippen LogP contribution in [0.2, 0.25) is 0 Å². The number of nitrogens with zero attached hydrogens (tertiary/aromatic N) is 1. The Morgan fingerprint density at radius 2 is 2.04 bits per heavy atom. The standard InChI is InChI=1S/C21H20N2O3/c1-25-13-9-10-17-15(12-13)19-20(23(17)18-8-4-5-11-26-18)14-6-2-3-7-16(14)22-21(19)24/h2-3,6-7,9-10,12,18H,4-5,8,11H2,1H3,(H,22,24). The van der Waals surface area contributed by atoms with Gasteiger partial charge in [-0.25, -0.2) is 0 Å². The van der Waals surface area contributed by atoms with Crippen LogP contribution in [0.3, 0.4) is 0 Å². The molecule has 5 rings (SSSR count). The molecule has 2 aromatic carbocycles. The average Bonchev–Trinajstić information content (AvgIpc) is 3.04. The molecule has 26 heavy (non-hydrogen) atoms. The molecule has 132 valence electrons. The second-order valence-corrected chi connectivity index (χ2v) is 6.80. The summed E-state index contributed by atoms with van der Waals surface area (Å²) in [5.74, 6) is 0.744. The van der Waals surface area contributed by atoms with Gasteiger partial charge in [-0.3, -0.25) is 4.79 Å². The minimum atomic E-state index is -0.0773. The molecule has 1 fully saturated rings. The van der Waals surface area contributed by atoms with Gasteiger partial charge >= 0.3 is 0 Å². The van der Waals surface area contributed by atoms with Gasteiger partial charge in [0.05, 0.1) is 29.0 Å². The summed E-state index contributed by atoms with van der Waals surface area (Å²) < 4.78 is 13.7. The van der Waals surface area contributed by atoms with Gasteiger partial charge in [-0.15, -0.1) is 0 Å². The molecule has 1 aliphatic heterocycles. The van der Waals surface area contributed by atoms with Gasteiger partial charge in [-0.05, 0) is 43.5 Å². The Morgan fingerprint density at radius 1 is 1.15 bits per heavy atom. The number of methoxy groups -OCH3 is 1. The fourth-order valence-corrected chi connectivity index (χ4v) is 4.13. The second-order valence-electron chi connectivity index (χ2n) is 6.80. The van der Waals surface area contributed by atoms with Gasteiger partial charge in [0.2, 0.25) is 0 Å². The average molecular weight is 348 g/mol. The molecule has 1 N–H and O–H groups in total. The highest BCUT2D eigenvalue weighted by Gasteiger charge is 2.24. The van der Waals surface area contributed by atoms with Crippen LogP contribution >= 0.6 is 0 Å². The van der Waals surface area contributed by atoms with Gasteiger partial charge in [0, 0.05) is 17.4 Å². The van der Waals surface area contributed by atoms with Crippen LogP contribution in [0.4, 0.5) is 0 Å². The van der Waals surface area contributed by atoms with E-state index >= 15 is 0 Å². The summed E-state index contributed by atoms with van der Waals surface area (Å²) in [5, 5.41) is 2.64. The molecule has 0 radical (unpaired) electrons. The molecule has 0 bridgehead atoms. The highest BCUT2D eigenvalue weighted by molar-refractivity contribution is 6.16. The topological polar surface area (TPSA) is 56.2 Å². The number of fused-ring (bicyclic) bond motifs is 5. The van der Waals surface area contributed by atoms with Crippen molar-refractivity contribution in [2.24, 2.45) is 0 Å². The Morgan fingerprint density at radius 3 is 2.85 bits per heavy atom.